The van der Waals surface area contributed by atoms with E-state index in [2.05, 4.69) is 15.9 Å². The summed E-state index contributed by atoms with van der Waals surface area (Å²) < 4.78 is 38.9. The normalized spacial score (nSPS) is 21.4. The Kier molecular flexibility index (Phi) is 6.55. The van der Waals surface area contributed by atoms with Crippen LogP contribution in [-0.4, -0.2) is 57.4 Å². The van der Waals surface area contributed by atoms with E-state index in [1.165, 1.54) is 16.3 Å². The van der Waals surface area contributed by atoms with E-state index in [1.54, 1.807) is 48.5 Å². The maximum Gasteiger partial charge on any atom is 0.348 e. The number of fused-ring (bicyclic) bond motifs is 1. The summed E-state index contributed by atoms with van der Waals surface area (Å²) in [6.07, 6.45) is 0.191. The predicted octanol–water partition coefficient (Wildman–Crippen LogP) is 2.82. The Morgan fingerprint density at radius 2 is 1.81 bits per heavy atom. The molecule has 4 rings (SSSR count). The van der Waals surface area contributed by atoms with Crippen molar-refractivity contribution in [1.29, 1.82) is 0 Å². The van der Waals surface area contributed by atoms with Gasteiger partial charge in [0.25, 0.3) is 0 Å². The Morgan fingerprint density at radius 3 is 2.53 bits per heavy atom. The van der Waals surface area contributed by atoms with Gasteiger partial charge in [-0.3, -0.25) is 4.79 Å². The highest BCUT2D eigenvalue weighted by molar-refractivity contribution is 9.10. The van der Waals surface area contributed by atoms with E-state index in [0.29, 0.717) is 30.8 Å². The Hall–Kier alpha value is -2.43. The maximum atomic E-state index is 13.5. The van der Waals surface area contributed by atoms with Crippen LogP contribution in [-0.2, 0) is 24.3 Å². The van der Waals surface area contributed by atoms with Crippen molar-refractivity contribution in [1.82, 2.24) is 4.31 Å². The second-order valence-electron chi connectivity index (χ2n) is 7.70. The quantitative estimate of drug-likeness (QED) is 0.573. The first-order valence-electron chi connectivity index (χ1n) is 10.2. The minimum absolute atomic E-state index is 0.0124. The maximum absolute atomic E-state index is 13.5. The van der Waals surface area contributed by atoms with Crippen LogP contribution in [0.1, 0.15) is 12.8 Å². The van der Waals surface area contributed by atoms with Crippen molar-refractivity contribution in [2.75, 3.05) is 31.6 Å². The molecule has 2 aromatic carbocycles. The average molecular weight is 523 g/mol. The molecule has 1 saturated heterocycles. The largest absolute Gasteiger partial charge is 0.475 e. The fourth-order valence-corrected chi connectivity index (χ4v) is 5.82. The van der Waals surface area contributed by atoms with Gasteiger partial charge in [0.1, 0.15) is 5.75 Å². The van der Waals surface area contributed by atoms with E-state index in [9.17, 15) is 18.0 Å². The Morgan fingerprint density at radius 1 is 1.09 bits per heavy atom. The number of anilines is 1. The van der Waals surface area contributed by atoms with E-state index in [-0.39, 0.29) is 23.9 Å². The number of carbonyl (C=O) groups is 2. The van der Waals surface area contributed by atoms with Crippen molar-refractivity contribution in [2.45, 2.75) is 23.8 Å². The van der Waals surface area contributed by atoms with Crippen LogP contribution in [0.4, 0.5) is 5.69 Å². The molecule has 1 fully saturated rings. The summed E-state index contributed by atoms with van der Waals surface area (Å²) in [4.78, 5) is 27.3. The van der Waals surface area contributed by atoms with Crippen LogP contribution < -0.4 is 9.64 Å². The summed E-state index contributed by atoms with van der Waals surface area (Å²) in [6.45, 7) is 0.449. The number of esters is 1. The highest BCUT2D eigenvalue weighted by atomic mass is 79.9. The summed E-state index contributed by atoms with van der Waals surface area (Å²) in [5.74, 6) is -0.915. The van der Waals surface area contributed by atoms with Gasteiger partial charge in [0.15, 0.2) is 0 Å². The minimum atomic E-state index is -3.72. The third kappa shape index (κ3) is 4.39. The van der Waals surface area contributed by atoms with E-state index in [4.69, 9.17) is 9.47 Å². The van der Waals surface area contributed by atoms with Crippen LogP contribution in [0, 0.1) is 5.92 Å². The molecule has 0 saturated carbocycles. The van der Waals surface area contributed by atoms with Crippen molar-refractivity contribution in [3.05, 3.63) is 53.0 Å². The molecule has 2 aromatic rings. The van der Waals surface area contributed by atoms with Gasteiger partial charge in [0.2, 0.25) is 22.0 Å². The number of hydrogen-bond acceptors (Lipinski definition) is 6. The lowest BCUT2D eigenvalue weighted by Crippen LogP contribution is -2.52. The molecule has 0 aliphatic carbocycles. The number of para-hydroxylation sites is 2. The van der Waals surface area contributed by atoms with Crippen LogP contribution in [0.3, 0.4) is 0 Å². The second kappa shape index (κ2) is 9.21. The zero-order valence-corrected chi connectivity index (χ0v) is 19.8. The number of nitrogens with zero attached hydrogens (tertiary/aromatic N) is 2. The number of carbonyl (C=O) groups excluding carboxylic acids is 2. The Labute approximate surface area is 195 Å². The molecule has 0 spiro atoms. The van der Waals surface area contributed by atoms with Gasteiger partial charge in [0.05, 0.1) is 30.2 Å². The zero-order chi connectivity index (χ0) is 22.9. The fourth-order valence-electron chi connectivity index (χ4n) is 4.04. The smallest absolute Gasteiger partial charge is 0.348 e. The van der Waals surface area contributed by atoms with Crippen molar-refractivity contribution in [3.8, 4) is 5.75 Å². The van der Waals surface area contributed by atoms with E-state index < -0.39 is 28.0 Å². The van der Waals surface area contributed by atoms with Gasteiger partial charge in [-0.2, -0.15) is 4.31 Å². The van der Waals surface area contributed by atoms with Crippen LogP contribution in [0.25, 0.3) is 0 Å². The number of halogens is 1. The number of hydrogen-bond donors (Lipinski definition) is 0. The van der Waals surface area contributed by atoms with Crippen molar-refractivity contribution in [3.63, 3.8) is 0 Å². The molecule has 2 heterocycles. The third-order valence-electron chi connectivity index (χ3n) is 5.69. The van der Waals surface area contributed by atoms with Crippen LogP contribution in [0.2, 0.25) is 0 Å². The molecule has 0 bridgehead atoms. The first kappa shape index (κ1) is 22.8. The lowest BCUT2D eigenvalue weighted by Gasteiger charge is -2.38. The van der Waals surface area contributed by atoms with Gasteiger partial charge in [-0.05, 0) is 49.2 Å². The van der Waals surface area contributed by atoms with Gasteiger partial charge in [0, 0.05) is 17.6 Å². The third-order valence-corrected chi connectivity index (χ3v) is 8.10. The van der Waals surface area contributed by atoms with Crippen LogP contribution >= 0.6 is 15.9 Å². The number of benzene rings is 2. The summed E-state index contributed by atoms with van der Waals surface area (Å²) in [6, 6.07) is 13.4. The molecule has 2 aliphatic heterocycles. The monoisotopic (exact) mass is 522 g/mol. The number of sulfonamides is 1. The molecule has 10 heteroatoms. The summed E-state index contributed by atoms with van der Waals surface area (Å²) in [5.41, 5.74) is 0.561. The molecule has 0 N–H and O–H groups in total. The summed E-state index contributed by atoms with van der Waals surface area (Å²) >= 11 is 3.31. The van der Waals surface area contributed by atoms with E-state index in [0.717, 1.165) is 4.47 Å². The molecular formula is C22H23BrN2O6S. The van der Waals surface area contributed by atoms with E-state index >= 15 is 0 Å². The minimum Gasteiger partial charge on any atom is -0.475 e. The molecule has 2 atom stereocenters. The topological polar surface area (TPSA) is 93.2 Å². The van der Waals surface area contributed by atoms with E-state index in [1.807, 2.05) is 0 Å². The second-order valence-corrected chi connectivity index (χ2v) is 10.6. The molecular weight excluding hydrogens is 500 g/mol. The van der Waals surface area contributed by atoms with Crippen LogP contribution in [0.5, 0.6) is 5.75 Å². The Balaban J connectivity index is 1.57. The van der Waals surface area contributed by atoms with Gasteiger partial charge in [-0.15, -0.1) is 0 Å². The standard InChI is InChI=1S/C22H23BrN2O6S/c1-30-22(27)20-14-25(18-6-2-3-7-19(18)31-20)21(26)15-5-4-12-24(13-15)32(28,29)17-10-8-16(23)9-11-17/h2-3,6-11,15,20H,4-5,12-14H2,1H3/t15-,20-/m1/s1. The van der Waals surface area contributed by atoms with Crippen molar-refractivity contribution < 1.29 is 27.5 Å². The van der Waals surface area contributed by atoms with Crippen molar-refractivity contribution >= 4 is 43.5 Å². The molecule has 0 unspecified atom stereocenters. The molecule has 0 radical (unpaired) electrons. The fraction of sp³-hybridized carbons (Fsp3) is 0.364. The van der Waals surface area contributed by atoms with Gasteiger partial charge >= 0.3 is 5.97 Å². The van der Waals surface area contributed by atoms with Gasteiger partial charge < -0.3 is 14.4 Å². The Bertz CT molecular complexity index is 1120. The molecule has 0 aromatic heterocycles. The first-order valence-corrected chi connectivity index (χ1v) is 12.4. The number of methoxy groups -OCH3 is 1. The molecule has 8 nitrogen and oxygen atoms in total. The lowest BCUT2D eigenvalue weighted by atomic mass is 9.97. The highest BCUT2D eigenvalue weighted by Crippen LogP contribution is 2.35. The predicted molar refractivity (Wildman–Crippen MR) is 121 cm³/mol. The number of rotatable bonds is 4. The molecule has 1 amide bonds. The highest BCUT2D eigenvalue weighted by Gasteiger charge is 2.40. The molecule has 2 aliphatic rings. The number of ether oxygens (including phenoxy) is 2. The summed E-state index contributed by atoms with van der Waals surface area (Å²) in [5, 5.41) is 0. The van der Waals surface area contributed by atoms with Crippen LogP contribution in [0.15, 0.2) is 57.9 Å². The number of piperidine rings is 1. The lowest BCUT2D eigenvalue weighted by molar-refractivity contribution is -0.148. The average Bonchev–Trinajstić information content (AvgIpc) is 2.82. The zero-order valence-electron chi connectivity index (χ0n) is 17.4. The van der Waals surface area contributed by atoms with Crippen molar-refractivity contribution in [2.24, 2.45) is 5.92 Å². The first-order chi connectivity index (χ1) is 15.3. The number of amides is 1. The summed E-state index contributed by atoms with van der Waals surface area (Å²) in [7, 11) is -2.45. The van der Waals surface area contributed by atoms with Gasteiger partial charge in [-0.1, -0.05) is 28.1 Å². The SMILES string of the molecule is COC(=O)[C@H]1CN(C(=O)[C@@H]2CCCN(S(=O)(=O)c3ccc(Br)cc3)C2)c2ccccc2O1. The molecule has 170 valence electrons. The van der Waals surface area contributed by atoms with Gasteiger partial charge in [-0.25, -0.2) is 13.2 Å². The molecule has 32 heavy (non-hydrogen) atoms.